The molecule has 0 spiro atoms. The molecule has 3 rings (SSSR count). The van der Waals surface area contributed by atoms with Crippen LogP contribution in [-0.2, 0) is 11.3 Å². The van der Waals surface area contributed by atoms with E-state index in [1.165, 1.54) is 12.6 Å². The Morgan fingerprint density at radius 2 is 1.91 bits per heavy atom. The average molecular weight is 299 g/mol. The van der Waals surface area contributed by atoms with Gasteiger partial charge in [0, 0.05) is 17.5 Å². The molecule has 22 heavy (non-hydrogen) atoms. The average Bonchev–Trinajstić information content (AvgIpc) is 2.50. The fourth-order valence-electron chi connectivity index (χ4n) is 3.41. The quantitative estimate of drug-likeness (QED) is 0.854. The molecule has 0 unspecified atom stereocenters. The van der Waals surface area contributed by atoms with Gasteiger partial charge in [-0.05, 0) is 45.2 Å². The number of aromatic nitrogens is 2. The first kappa shape index (κ1) is 14.8. The lowest BCUT2D eigenvalue weighted by atomic mass is 9.97. The lowest BCUT2D eigenvalue weighted by molar-refractivity contribution is -0.138. The Morgan fingerprint density at radius 3 is 2.64 bits per heavy atom. The standard InChI is InChI=1S/C17H21N3O2/c1-12-6-5-7-13(2)20(12)17(22)11-19-15-9-4-3-8-14(15)16(21)10-18-19/h3-4,8-10,12-13H,5-7,11H2,1-2H3/t12-,13+. The zero-order chi connectivity index (χ0) is 15.7. The van der Waals surface area contributed by atoms with Gasteiger partial charge in [-0.2, -0.15) is 5.10 Å². The van der Waals surface area contributed by atoms with E-state index in [-0.39, 0.29) is 30.0 Å². The van der Waals surface area contributed by atoms with Gasteiger partial charge in [-0.1, -0.05) is 12.1 Å². The SMILES string of the molecule is C[C@@H]1CCC[C@H](C)N1C(=O)Cn1ncc(=O)c2ccccc21. The predicted octanol–water partition coefficient (Wildman–Crippen LogP) is 2.19. The summed E-state index contributed by atoms with van der Waals surface area (Å²) in [4.78, 5) is 26.5. The minimum atomic E-state index is -0.112. The summed E-state index contributed by atoms with van der Waals surface area (Å²) in [5.41, 5.74) is 0.597. The van der Waals surface area contributed by atoms with Crippen LogP contribution in [0, 0.1) is 0 Å². The van der Waals surface area contributed by atoms with Crippen LogP contribution in [0.2, 0.25) is 0 Å². The Balaban J connectivity index is 1.91. The molecule has 5 nitrogen and oxygen atoms in total. The van der Waals surface area contributed by atoms with Crippen molar-refractivity contribution < 1.29 is 4.79 Å². The number of carbonyl (C=O) groups is 1. The van der Waals surface area contributed by atoms with Gasteiger partial charge in [0.15, 0.2) is 0 Å². The lowest BCUT2D eigenvalue weighted by Gasteiger charge is -2.39. The van der Waals surface area contributed by atoms with Gasteiger partial charge in [-0.25, -0.2) is 0 Å². The monoisotopic (exact) mass is 299 g/mol. The number of fused-ring (bicyclic) bond motifs is 1. The molecule has 0 aliphatic carbocycles. The summed E-state index contributed by atoms with van der Waals surface area (Å²) in [6.45, 7) is 4.38. The molecule has 2 heterocycles. The summed E-state index contributed by atoms with van der Waals surface area (Å²) in [6.07, 6.45) is 4.56. The zero-order valence-corrected chi connectivity index (χ0v) is 13.0. The summed E-state index contributed by atoms with van der Waals surface area (Å²) in [5.74, 6) is 0.0704. The first-order chi connectivity index (χ1) is 10.6. The molecule has 0 radical (unpaired) electrons. The van der Waals surface area contributed by atoms with Crippen LogP contribution < -0.4 is 5.43 Å². The molecule has 2 aromatic rings. The summed E-state index contributed by atoms with van der Waals surface area (Å²) >= 11 is 0. The Bertz CT molecular complexity index is 743. The molecule has 1 aromatic carbocycles. The molecule has 1 aliphatic heterocycles. The first-order valence-corrected chi connectivity index (χ1v) is 7.84. The third kappa shape index (κ3) is 2.63. The molecule has 2 atom stereocenters. The third-order valence-corrected chi connectivity index (χ3v) is 4.53. The number of piperidine rings is 1. The molecule has 1 aromatic heterocycles. The smallest absolute Gasteiger partial charge is 0.244 e. The van der Waals surface area contributed by atoms with Gasteiger partial charge in [-0.15, -0.1) is 0 Å². The predicted molar refractivity (Wildman–Crippen MR) is 85.6 cm³/mol. The summed E-state index contributed by atoms with van der Waals surface area (Å²) in [7, 11) is 0. The van der Waals surface area contributed by atoms with Crippen LogP contribution >= 0.6 is 0 Å². The maximum atomic E-state index is 12.7. The summed E-state index contributed by atoms with van der Waals surface area (Å²) < 4.78 is 1.63. The number of para-hydroxylation sites is 1. The van der Waals surface area contributed by atoms with Gasteiger partial charge in [-0.3, -0.25) is 14.3 Å². The van der Waals surface area contributed by atoms with Crippen LogP contribution in [0.4, 0.5) is 0 Å². The Labute approximate surface area is 129 Å². The van der Waals surface area contributed by atoms with E-state index in [0.29, 0.717) is 10.9 Å². The van der Waals surface area contributed by atoms with E-state index in [4.69, 9.17) is 0 Å². The first-order valence-electron chi connectivity index (χ1n) is 7.84. The molecule has 1 amide bonds. The van der Waals surface area contributed by atoms with E-state index in [2.05, 4.69) is 18.9 Å². The lowest BCUT2D eigenvalue weighted by Crippen LogP contribution is -2.48. The second kappa shape index (κ2) is 5.91. The van der Waals surface area contributed by atoms with Gasteiger partial charge in [0.05, 0.1) is 11.7 Å². The second-order valence-electron chi connectivity index (χ2n) is 6.11. The van der Waals surface area contributed by atoms with Crippen molar-refractivity contribution in [3.63, 3.8) is 0 Å². The largest absolute Gasteiger partial charge is 0.336 e. The molecule has 1 fully saturated rings. The molecule has 1 saturated heterocycles. The maximum Gasteiger partial charge on any atom is 0.244 e. The van der Waals surface area contributed by atoms with Gasteiger partial charge >= 0.3 is 0 Å². The topological polar surface area (TPSA) is 55.2 Å². The summed E-state index contributed by atoms with van der Waals surface area (Å²) in [6, 6.07) is 7.82. The summed E-state index contributed by atoms with van der Waals surface area (Å²) in [5, 5.41) is 4.75. The molecular formula is C17H21N3O2. The molecule has 0 saturated carbocycles. The van der Waals surface area contributed by atoms with E-state index >= 15 is 0 Å². The van der Waals surface area contributed by atoms with Crippen molar-refractivity contribution in [3.05, 3.63) is 40.7 Å². The Kier molecular flexibility index (Phi) is 3.96. The van der Waals surface area contributed by atoms with Crippen molar-refractivity contribution in [2.75, 3.05) is 0 Å². The highest BCUT2D eigenvalue weighted by molar-refractivity contribution is 5.81. The third-order valence-electron chi connectivity index (χ3n) is 4.53. The number of nitrogens with zero attached hydrogens (tertiary/aromatic N) is 3. The van der Waals surface area contributed by atoms with E-state index in [9.17, 15) is 9.59 Å². The normalized spacial score (nSPS) is 22.0. The van der Waals surface area contributed by atoms with Crippen LogP contribution in [0.15, 0.2) is 35.3 Å². The number of amides is 1. The van der Waals surface area contributed by atoms with E-state index in [1.807, 2.05) is 23.1 Å². The fraction of sp³-hybridized carbons (Fsp3) is 0.471. The number of hydrogen-bond donors (Lipinski definition) is 0. The van der Waals surface area contributed by atoms with Crippen molar-refractivity contribution >= 4 is 16.8 Å². The van der Waals surface area contributed by atoms with Crippen LogP contribution in [0.25, 0.3) is 10.9 Å². The van der Waals surface area contributed by atoms with Gasteiger partial charge < -0.3 is 4.90 Å². The number of carbonyl (C=O) groups excluding carboxylic acids is 1. The van der Waals surface area contributed by atoms with Crippen LogP contribution in [-0.4, -0.2) is 32.7 Å². The van der Waals surface area contributed by atoms with Gasteiger partial charge in [0.1, 0.15) is 6.54 Å². The number of benzene rings is 1. The molecule has 0 N–H and O–H groups in total. The second-order valence-corrected chi connectivity index (χ2v) is 6.11. The van der Waals surface area contributed by atoms with Crippen LogP contribution in [0.3, 0.4) is 0 Å². The number of rotatable bonds is 2. The Hall–Kier alpha value is -2.17. The molecule has 5 heteroatoms. The van der Waals surface area contributed by atoms with Crippen molar-refractivity contribution in [1.29, 1.82) is 0 Å². The zero-order valence-electron chi connectivity index (χ0n) is 13.0. The molecule has 1 aliphatic rings. The minimum Gasteiger partial charge on any atom is -0.336 e. The molecule has 0 bridgehead atoms. The van der Waals surface area contributed by atoms with E-state index < -0.39 is 0 Å². The van der Waals surface area contributed by atoms with Crippen molar-refractivity contribution in [2.45, 2.75) is 51.7 Å². The fourth-order valence-corrected chi connectivity index (χ4v) is 3.41. The number of hydrogen-bond acceptors (Lipinski definition) is 3. The highest BCUT2D eigenvalue weighted by Crippen LogP contribution is 2.23. The van der Waals surface area contributed by atoms with Crippen molar-refractivity contribution in [1.82, 2.24) is 14.7 Å². The van der Waals surface area contributed by atoms with Crippen molar-refractivity contribution in [2.24, 2.45) is 0 Å². The van der Waals surface area contributed by atoms with Gasteiger partial charge in [0.25, 0.3) is 0 Å². The number of likely N-dealkylation sites (tertiary alicyclic amines) is 1. The highest BCUT2D eigenvalue weighted by atomic mass is 16.2. The van der Waals surface area contributed by atoms with Gasteiger partial charge in [0.2, 0.25) is 11.3 Å². The molecular weight excluding hydrogens is 278 g/mol. The minimum absolute atomic E-state index is 0.0704. The van der Waals surface area contributed by atoms with Crippen molar-refractivity contribution in [3.8, 4) is 0 Å². The molecule has 116 valence electrons. The van der Waals surface area contributed by atoms with Crippen LogP contribution in [0.5, 0.6) is 0 Å². The van der Waals surface area contributed by atoms with Crippen LogP contribution in [0.1, 0.15) is 33.1 Å². The maximum absolute atomic E-state index is 12.7. The Morgan fingerprint density at radius 1 is 1.23 bits per heavy atom. The van der Waals surface area contributed by atoms with E-state index in [1.54, 1.807) is 10.7 Å². The van der Waals surface area contributed by atoms with E-state index in [0.717, 1.165) is 12.8 Å². The highest BCUT2D eigenvalue weighted by Gasteiger charge is 2.29.